The number of rotatable bonds is 7. The number of benzene rings is 2. The van der Waals surface area contributed by atoms with E-state index in [4.69, 9.17) is 4.74 Å². The highest BCUT2D eigenvalue weighted by molar-refractivity contribution is 5.84. The van der Waals surface area contributed by atoms with Gasteiger partial charge in [0.05, 0.1) is 17.6 Å². The van der Waals surface area contributed by atoms with Crippen molar-refractivity contribution in [2.45, 2.75) is 57.9 Å². The molecular weight excluding hydrogens is 390 g/mol. The molecule has 0 saturated heterocycles. The molecule has 0 N–H and O–H groups in total. The smallest absolute Gasteiger partial charge is 0.104 e. The molecule has 3 aliphatic carbocycles. The molecule has 32 heavy (non-hydrogen) atoms. The summed E-state index contributed by atoms with van der Waals surface area (Å²) in [5, 5.41) is 0. The van der Waals surface area contributed by atoms with Crippen LogP contribution >= 0.6 is 0 Å². The average Bonchev–Trinajstić information content (AvgIpc) is 3.27. The van der Waals surface area contributed by atoms with Gasteiger partial charge in [-0.25, -0.2) is 0 Å². The summed E-state index contributed by atoms with van der Waals surface area (Å²) in [6.07, 6.45) is 12.5. The number of hydrogen-bond donors (Lipinski definition) is 0. The summed E-state index contributed by atoms with van der Waals surface area (Å²) in [5.41, 5.74) is 6.86. The molecule has 0 aliphatic heterocycles. The lowest BCUT2D eigenvalue weighted by molar-refractivity contribution is 0.0759. The third-order valence-corrected chi connectivity index (χ3v) is 8.19. The van der Waals surface area contributed by atoms with Gasteiger partial charge in [-0.1, -0.05) is 80.8 Å². The average molecular weight is 428 g/mol. The topological polar surface area (TPSA) is 12.5 Å². The first kappa shape index (κ1) is 21.5. The van der Waals surface area contributed by atoms with E-state index >= 15 is 0 Å². The largest absolute Gasteiger partial charge is 0.498 e. The molecule has 0 unspecified atom stereocenters. The van der Waals surface area contributed by atoms with Crippen LogP contribution in [0.1, 0.15) is 57.1 Å². The Morgan fingerprint density at radius 2 is 1.53 bits per heavy atom. The zero-order chi connectivity index (χ0) is 22.3. The summed E-state index contributed by atoms with van der Waals surface area (Å²) in [6.45, 7) is 5.10. The van der Waals surface area contributed by atoms with Gasteiger partial charge in [0.1, 0.15) is 5.76 Å². The summed E-state index contributed by atoms with van der Waals surface area (Å²) < 4.78 is 6.25. The van der Waals surface area contributed by atoms with Gasteiger partial charge in [0.2, 0.25) is 0 Å². The lowest BCUT2D eigenvalue weighted by Gasteiger charge is -2.43. The standard InChI is InChI=1S/C30H37NO/c1-5-9-22-11-13-23(14-12-22)24-15-17-25(18-16-24)26-20-29-19-8-7-10-27(29)30(26,31(3)4)21-28(29)32-6-2/h11-18,20-21,27H,5-10,19H2,1-4H3/t27-,29-,30-/m1/s1. The van der Waals surface area contributed by atoms with Crippen molar-refractivity contribution >= 4 is 5.57 Å². The Kier molecular flexibility index (Phi) is 5.53. The molecule has 0 radical (unpaired) electrons. The van der Waals surface area contributed by atoms with Gasteiger partial charge in [0.15, 0.2) is 0 Å². The van der Waals surface area contributed by atoms with Gasteiger partial charge < -0.3 is 4.74 Å². The van der Waals surface area contributed by atoms with E-state index < -0.39 is 0 Å². The summed E-state index contributed by atoms with van der Waals surface area (Å²) >= 11 is 0. The molecule has 5 rings (SSSR count). The van der Waals surface area contributed by atoms with Crippen LogP contribution < -0.4 is 0 Å². The Labute approximate surface area is 194 Å². The summed E-state index contributed by atoms with van der Waals surface area (Å²) in [5.74, 6) is 1.81. The van der Waals surface area contributed by atoms with Crippen LogP contribution in [-0.2, 0) is 11.2 Å². The van der Waals surface area contributed by atoms with Crippen LogP contribution in [0.4, 0.5) is 0 Å². The SMILES string of the molecule is CCCc1ccc(-c2ccc(C3=C[C@]45CCCC[C@H]4[C@@]3(N(C)C)C=C5OCC)cc2)cc1. The molecule has 2 aromatic carbocycles. The van der Waals surface area contributed by atoms with Crippen molar-refractivity contribution in [1.82, 2.24) is 4.90 Å². The molecular formula is C30H37NO. The predicted octanol–water partition coefficient (Wildman–Crippen LogP) is 7.11. The van der Waals surface area contributed by atoms with E-state index in [-0.39, 0.29) is 11.0 Å². The van der Waals surface area contributed by atoms with E-state index in [1.54, 1.807) is 0 Å². The van der Waals surface area contributed by atoms with Crippen molar-refractivity contribution in [3.05, 3.63) is 77.6 Å². The minimum Gasteiger partial charge on any atom is -0.498 e. The second-order valence-corrected chi connectivity index (χ2v) is 10.1. The fraction of sp³-hybridized carbons (Fsp3) is 0.467. The third-order valence-electron chi connectivity index (χ3n) is 8.19. The van der Waals surface area contributed by atoms with Crippen molar-refractivity contribution in [3.63, 3.8) is 0 Å². The van der Waals surface area contributed by atoms with E-state index in [2.05, 4.69) is 93.5 Å². The van der Waals surface area contributed by atoms with Gasteiger partial charge in [-0.05, 0) is 74.2 Å². The van der Waals surface area contributed by atoms with Crippen molar-refractivity contribution in [2.24, 2.45) is 11.3 Å². The third kappa shape index (κ3) is 3.10. The fourth-order valence-electron chi connectivity index (χ4n) is 6.75. The lowest BCUT2D eigenvalue weighted by Crippen LogP contribution is -2.48. The number of aryl methyl sites for hydroxylation is 1. The second kappa shape index (κ2) is 8.23. The van der Waals surface area contributed by atoms with Crippen LogP contribution in [0.25, 0.3) is 16.7 Å². The van der Waals surface area contributed by atoms with Gasteiger partial charge in [0.25, 0.3) is 0 Å². The molecule has 3 aliphatic rings. The first-order chi connectivity index (χ1) is 15.5. The van der Waals surface area contributed by atoms with E-state index in [0.717, 1.165) is 13.0 Å². The zero-order valence-corrected chi connectivity index (χ0v) is 20.2. The predicted molar refractivity (Wildman–Crippen MR) is 134 cm³/mol. The normalized spacial score (nSPS) is 28.5. The molecule has 168 valence electrons. The van der Waals surface area contributed by atoms with Gasteiger partial charge in [-0.15, -0.1) is 0 Å². The number of ether oxygens (including phenoxy) is 1. The van der Waals surface area contributed by atoms with Crippen molar-refractivity contribution in [2.75, 3.05) is 20.7 Å². The van der Waals surface area contributed by atoms with Gasteiger partial charge in [-0.2, -0.15) is 0 Å². The molecule has 2 nitrogen and oxygen atoms in total. The first-order valence-corrected chi connectivity index (χ1v) is 12.5. The van der Waals surface area contributed by atoms with E-state index in [0.29, 0.717) is 5.92 Å². The lowest BCUT2D eigenvalue weighted by atomic mass is 9.67. The Bertz CT molecular complexity index is 1030. The molecule has 2 heteroatoms. The monoisotopic (exact) mass is 427 g/mol. The van der Waals surface area contributed by atoms with Crippen LogP contribution in [0.5, 0.6) is 0 Å². The highest BCUT2D eigenvalue weighted by atomic mass is 16.5. The zero-order valence-electron chi connectivity index (χ0n) is 20.2. The quantitative estimate of drug-likeness (QED) is 0.467. The molecule has 0 spiro atoms. The molecule has 0 amide bonds. The number of likely N-dealkylation sites (N-methyl/N-ethyl adjacent to an activating group) is 1. The van der Waals surface area contributed by atoms with E-state index in [1.165, 1.54) is 65.7 Å². The van der Waals surface area contributed by atoms with Crippen LogP contribution in [0.3, 0.4) is 0 Å². The summed E-state index contributed by atoms with van der Waals surface area (Å²) in [6, 6.07) is 18.4. The number of allylic oxidation sites excluding steroid dienone is 1. The maximum absolute atomic E-state index is 6.25. The fourth-order valence-corrected chi connectivity index (χ4v) is 6.75. The Morgan fingerprint density at radius 1 is 0.875 bits per heavy atom. The maximum Gasteiger partial charge on any atom is 0.104 e. The Balaban J connectivity index is 1.51. The maximum atomic E-state index is 6.25. The molecule has 0 aromatic heterocycles. The van der Waals surface area contributed by atoms with Crippen LogP contribution in [0.2, 0.25) is 0 Å². The molecule has 1 fully saturated rings. The van der Waals surface area contributed by atoms with Crippen LogP contribution in [0, 0.1) is 11.3 Å². The van der Waals surface area contributed by atoms with Crippen molar-refractivity contribution in [1.29, 1.82) is 0 Å². The summed E-state index contributed by atoms with van der Waals surface area (Å²) in [4.78, 5) is 2.45. The first-order valence-electron chi connectivity index (χ1n) is 12.5. The van der Waals surface area contributed by atoms with Crippen LogP contribution in [0.15, 0.2) is 66.4 Å². The Hall–Kier alpha value is -2.32. The van der Waals surface area contributed by atoms with Crippen LogP contribution in [-0.4, -0.2) is 31.1 Å². The molecule has 3 atom stereocenters. The van der Waals surface area contributed by atoms with Crippen molar-refractivity contribution < 1.29 is 4.74 Å². The minimum absolute atomic E-state index is 0.0613. The van der Waals surface area contributed by atoms with Gasteiger partial charge >= 0.3 is 0 Å². The van der Waals surface area contributed by atoms with Gasteiger partial charge in [0, 0.05) is 5.92 Å². The second-order valence-electron chi connectivity index (χ2n) is 10.1. The van der Waals surface area contributed by atoms with E-state index in [9.17, 15) is 0 Å². The Morgan fingerprint density at radius 3 is 2.16 bits per heavy atom. The number of nitrogens with zero attached hydrogens (tertiary/aromatic N) is 1. The molecule has 1 saturated carbocycles. The minimum atomic E-state index is -0.0613. The molecule has 2 bridgehead atoms. The number of hydrogen-bond acceptors (Lipinski definition) is 2. The highest BCUT2D eigenvalue weighted by Gasteiger charge is 2.65. The van der Waals surface area contributed by atoms with Crippen molar-refractivity contribution in [3.8, 4) is 11.1 Å². The van der Waals surface area contributed by atoms with Gasteiger partial charge in [-0.3, -0.25) is 4.90 Å². The summed E-state index contributed by atoms with van der Waals surface area (Å²) in [7, 11) is 4.49. The molecule has 0 heterocycles. The highest BCUT2D eigenvalue weighted by Crippen LogP contribution is 2.67. The van der Waals surface area contributed by atoms with E-state index in [1.807, 2.05) is 0 Å². The molecule has 2 aromatic rings.